The van der Waals surface area contributed by atoms with Crippen LogP contribution >= 0.6 is 22.6 Å². The summed E-state index contributed by atoms with van der Waals surface area (Å²) in [5, 5.41) is 3.14. The van der Waals surface area contributed by atoms with Crippen molar-refractivity contribution in [3.05, 3.63) is 74.5 Å². The fraction of sp³-hybridized carbons (Fsp3) is 0.250. The summed E-state index contributed by atoms with van der Waals surface area (Å²) in [5.74, 6) is 0.0969. The molecule has 2 aromatic carbocycles. The molecule has 0 heterocycles. The van der Waals surface area contributed by atoms with Gasteiger partial charge in [0.05, 0.1) is 0 Å². The van der Waals surface area contributed by atoms with Gasteiger partial charge in [0.15, 0.2) is 0 Å². The smallest absolute Gasteiger partial charge is 0.223 e. The van der Waals surface area contributed by atoms with Crippen LogP contribution in [-0.2, 0) is 17.6 Å². The molecule has 118 valence electrons. The van der Waals surface area contributed by atoms with Crippen LogP contribution in [0.3, 0.4) is 0 Å². The molecule has 0 aliphatic heterocycles. The number of rotatable bonds is 4. The Morgan fingerprint density at radius 1 is 1.09 bits per heavy atom. The maximum absolute atomic E-state index is 11.9. The zero-order chi connectivity index (χ0) is 16.2. The van der Waals surface area contributed by atoms with Crippen LogP contribution in [0, 0.1) is 3.57 Å². The average Bonchev–Trinajstić information content (AvgIpc) is 2.58. The average molecular weight is 417 g/mol. The minimum atomic E-state index is 0.0969. The lowest BCUT2D eigenvalue weighted by Crippen LogP contribution is -2.25. The third-order valence-corrected chi connectivity index (χ3v) is 5.34. The molecule has 0 saturated heterocycles. The highest BCUT2D eigenvalue weighted by Gasteiger charge is 2.20. The molecule has 3 heteroatoms. The Morgan fingerprint density at radius 3 is 2.61 bits per heavy atom. The van der Waals surface area contributed by atoms with E-state index in [2.05, 4.69) is 76.4 Å². The van der Waals surface area contributed by atoms with E-state index in [-0.39, 0.29) is 5.91 Å². The molecule has 1 N–H and O–H groups in total. The van der Waals surface area contributed by atoms with Crippen molar-refractivity contribution in [1.29, 1.82) is 0 Å². The van der Waals surface area contributed by atoms with E-state index in [9.17, 15) is 4.79 Å². The number of halogens is 1. The second kappa shape index (κ2) is 7.30. The van der Waals surface area contributed by atoms with Crippen molar-refractivity contribution < 1.29 is 4.79 Å². The lowest BCUT2D eigenvalue weighted by molar-refractivity contribution is -0.120. The van der Waals surface area contributed by atoms with Crippen molar-refractivity contribution in [1.82, 2.24) is 5.32 Å². The Kier molecular flexibility index (Phi) is 5.16. The van der Waals surface area contributed by atoms with Crippen LogP contribution in [0.15, 0.2) is 54.2 Å². The topological polar surface area (TPSA) is 29.1 Å². The maximum Gasteiger partial charge on any atom is 0.223 e. The predicted octanol–water partition coefficient (Wildman–Crippen LogP) is 4.72. The first-order valence-electron chi connectivity index (χ1n) is 8.02. The normalized spacial score (nSPS) is 13.7. The molecule has 0 aromatic heterocycles. The van der Waals surface area contributed by atoms with Gasteiger partial charge in [0, 0.05) is 22.1 Å². The van der Waals surface area contributed by atoms with Crippen LogP contribution in [0.4, 0.5) is 0 Å². The van der Waals surface area contributed by atoms with Crippen molar-refractivity contribution in [3.8, 4) is 0 Å². The lowest BCUT2D eigenvalue weighted by atomic mass is 9.85. The molecule has 23 heavy (non-hydrogen) atoms. The number of hydrogen-bond acceptors (Lipinski definition) is 1. The number of carbonyl (C=O) groups excluding carboxylic acids is 1. The van der Waals surface area contributed by atoms with Gasteiger partial charge in [-0.25, -0.2) is 0 Å². The Hall–Kier alpha value is -1.62. The summed E-state index contributed by atoms with van der Waals surface area (Å²) in [4.78, 5) is 11.9. The molecule has 0 radical (unpaired) electrons. The number of nitrogens with one attached hydrogen (secondary N) is 1. The largest absolute Gasteiger partial charge is 0.329 e. The standard InChI is InChI=1S/C20H20INO/c1-2-20(23)22-19-12-11-14-7-3-5-9-16(14)17(19)13-15-8-4-6-10-18(15)21/h3-10H,2,11-13H2,1H3,(H,22,23). The van der Waals surface area contributed by atoms with E-state index in [1.807, 2.05) is 6.92 Å². The molecule has 2 aromatic rings. The molecule has 2 nitrogen and oxygen atoms in total. The second-order valence-corrected chi connectivity index (χ2v) is 6.95. The molecule has 0 unspecified atom stereocenters. The van der Waals surface area contributed by atoms with Gasteiger partial charge in [0.2, 0.25) is 5.91 Å². The van der Waals surface area contributed by atoms with Crippen LogP contribution in [0.1, 0.15) is 36.5 Å². The van der Waals surface area contributed by atoms with Crippen molar-refractivity contribution in [3.63, 3.8) is 0 Å². The lowest BCUT2D eigenvalue weighted by Gasteiger charge is -2.24. The summed E-state index contributed by atoms with van der Waals surface area (Å²) < 4.78 is 1.27. The van der Waals surface area contributed by atoms with Gasteiger partial charge in [-0.15, -0.1) is 0 Å². The van der Waals surface area contributed by atoms with Crippen LogP contribution in [0.25, 0.3) is 5.57 Å². The van der Waals surface area contributed by atoms with E-state index in [0.717, 1.165) is 25.0 Å². The molecule has 1 aliphatic carbocycles. The highest BCUT2D eigenvalue weighted by molar-refractivity contribution is 14.1. The number of amides is 1. The monoisotopic (exact) mass is 417 g/mol. The van der Waals surface area contributed by atoms with Crippen LogP contribution < -0.4 is 5.32 Å². The van der Waals surface area contributed by atoms with Crippen molar-refractivity contribution in [2.45, 2.75) is 32.6 Å². The van der Waals surface area contributed by atoms with Crippen LogP contribution in [0.5, 0.6) is 0 Å². The molecule has 3 rings (SSSR count). The van der Waals surface area contributed by atoms with E-state index < -0.39 is 0 Å². The number of benzene rings is 2. The highest BCUT2D eigenvalue weighted by atomic mass is 127. The summed E-state index contributed by atoms with van der Waals surface area (Å²) >= 11 is 2.39. The van der Waals surface area contributed by atoms with Crippen molar-refractivity contribution >= 4 is 34.1 Å². The van der Waals surface area contributed by atoms with E-state index in [0.29, 0.717) is 6.42 Å². The Labute approximate surface area is 151 Å². The van der Waals surface area contributed by atoms with Crippen molar-refractivity contribution in [2.75, 3.05) is 0 Å². The third kappa shape index (κ3) is 3.66. The number of aryl methyl sites for hydroxylation is 1. The molecule has 0 saturated carbocycles. The zero-order valence-corrected chi connectivity index (χ0v) is 15.4. The van der Waals surface area contributed by atoms with Gasteiger partial charge in [0.1, 0.15) is 0 Å². The quantitative estimate of drug-likeness (QED) is 0.717. The van der Waals surface area contributed by atoms with Gasteiger partial charge in [-0.05, 0) is 63.8 Å². The fourth-order valence-electron chi connectivity index (χ4n) is 3.03. The van der Waals surface area contributed by atoms with E-state index >= 15 is 0 Å². The molecular formula is C20H20INO. The molecule has 1 aliphatic rings. The van der Waals surface area contributed by atoms with Gasteiger partial charge < -0.3 is 5.32 Å². The van der Waals surface area contributed by atoms with E-state index in [1.54, 1.807) is 0 Å². The number of fused-ring (bicyclic) bond motifs is 1. The van der Waals surface area contributed by atoms with Gasteiger partial charge >= 0.3 is 0 Å². The van der Waals surface area contributed by atoms with Crippen LogP contribution in [-0.4, -0.2) is 5.91 Å². The number of hydrogen-bond donors (Lipinski definition) is 1. The van der Waals surface area contributed by atoms with Gasteiger partial charge in [-0.1, -0.05) is 49.4 Å². The molecular weight excluding hydrogens is 397 g/mol. The Balaban J connectivity index is 2.04. The number of carbonyl (C=O) groups is 1. The molecule has 1 amide bonds. The summed E-state index contributed by atoms with van der Waals surface area (Å²) in [6.07, 6.45) is 3.27. The minimum absolute atomic E-state index is 0.0969. The maximum atomic E-state index is 11.9. The van der Waals surface area contributed by atoms with Gasteiger partial charge in [0.25, 0.3) is 0 Å². The first kappa shape index (κ1) is 16.2. The summed E-state index contributed by atoms with van der Waals surface area (Å²) in [6, 6.07) is 17.0. The Bertz CT molecular complexity index is 764. The SMILES string of the molecule is CCC(=O)NC1=C(Cc2ccccc2I)c2ccccc2CC1. The molecule has 0 spiro atoms. The summed E-state index contributed by atoms with van der Waals surface area (Å²) in [7, 11) is 0. The fourth-order valence-corrected chi connectivity index (χ4v) is 3.61. The molecule has 0 bridgehead atoms. The summed E-state index contributed by atoms with van der Waals surface area (Å²) in [6.45, 7) is 1.90. The van der Waals surface area contributed by atoms with Crippen molar-refractivity contribution in [2.24, 2.45) is 0 Å². The second-order valence-electron chi connectivity index (χ2n) is 5.78. The van der Waals surface area contributed by atoms with Gasteiger partial charge in [-0.2, -0.15) is 0 Å². The third-order valence-electron chi connectivity index (χ3n) is 4.29. The minimum Gasteiger partial charge on any atom is -0.329 e. The zero-order valence-electron chi connectivity index (χ0n) is 13.2. The van der Waals surface area contributed by atoms with E-state index in [4.69, 9.17) is 0 Å². The van der Waals surface area contributed by atoms with Gasteiger partial charge in [-0.3, -0.25) is 4.79 Å². The molecule has 0 fully saturated rings. The predicted molar refractivity (Wildman–Crippen MR) is 103 cm³/mol. The van der Waals surface area contributed by atoms with Crippen LogP contribution in [0.2, 0.25) is 0 Å². The number of allylic oxidation sites excluding steroid dienone is 2. The molecule has 0 atom stereocenters. The Morgan fingerprint density at radius 2 is 1.83 bits per heavy atom. The van der Waals surface area contributed by atoms with E-state index in [1.165, 1.54) is 25.8 Å². The first-order chi connectivity index (χ1) is 11.2. The highest BCUT2D eigenvalue weighted by Crippen LogP contribution is 2.33. The first-order valence-corrected chi connectivity index (χ1v) is 9.10. The summed E-state index contributed by atoms with van der Waals surface area (Å²) in [5.41, 5.74) is 6.32.